The van der Waals surface area contributed by atoms with Gasteiger partial charge < -0.3 is 9.73 Å². The standard InChI is InChI=1S/C16H27NO/c1-5-16(8-6-7-9-16)11-17-13(3)15-10-12(2)18-14(15)4/h10,13,17H,5-9,11H2,1-4H3. The number of nitrogens with one attached hydrogen (secondary N) is 1. The summed E-state index contributed by atoms with van der Waals surface area (Å²) in [6.45, 7) is 9.81. The maximum absolute atomic E-state index is 5.62. The van der Waals surface area contributed by atoms with Crippen LogP contribution in [0.3, 0.4) is 0 Å². The maximum Gasteiger partial charge on any atom is 0.105 e. The highest BCUT2D eigenvalue weighted by molar-refractivity contribution is 5.23. The van der Waals surface area contributed by atoms with Crippen LogP contribution in [0.25, 0.3) is 0 Å². The van der Waals surface area contributed by atoms with E-state index in [1.165, 1.54) is 37.7 Å². The molecule has 1 saturated carbocycles. The van der Waals surface area contributed by atoms with Crippen LogP contribution in [0, 0.1) is 19.3 Å². The maximum atomic E-state index is 5.62. The third-order valence-electron chi connectivity index (χ3n) is 4.74. The number of furan rings is 1. The van der Waals surface area contributed by atoms with Gasteiger partial charge in [-0.2, -0.15) is 0 Å². The van der Waals surface area contributed by atoms with Crippen molar-refractivity contribution in [1.82, 2.24) is 5.32 Å². The third kappa shape index (κ3) is 2.80. The molecule has 1 unspecified atom stereocenters. The largest absolute Gasteiger partial charge is 0.466 e. The first kappa shape index (κ1) is 13.7. The van der Waals surface area contributed by atoms with Gasteiger partial charge in [0, 0.05) is 18.2 Å². The predicted molar refractivity (Wildman–Crippen MR) is 75.8 cm³/mol. The van der Waals surface area contributed by atoms with E-state index in [9.17, 15) is 0 Å². The quantitative estimate of drug-likeness (QED) is 0.830. The minimum Gasteiger partial charge on any atom is -0.466 e. The Hall–Kier alpha value is -0.760. The molecule has 1 atom stereocenters. The Bertz CT molecular complexity index is 388. The molecule has 0 radical (unpaired) electrons. The molecule has 1 N–H and O–H groups in total. The first-order valence-corrected chi connectivity index (χ1v) is 7.37. The summed E-state index contributed by atoms with van der Waals surface area (Å²) in [7, 11) is 0. The molecule has 0 aliphatic heterocycles. The summed E-state index contributed by atoms with van der Waals surface area (Å²) in [4.78, 5) is 0. The molecule has 0 spiro atoms. The number of hydrogen-bond acceptors (Lipinski definition) is 2. The van der Waals surface area contributed by atoms with Gasteiger partial charge in [0.1, 0.15) is 11.5 Å². The Kier molecular flexibility index (Phi) is 4.16. The number of aryl methyl sites for hydroxylation is 2. The lowest BCUT2D eigenvalue weighted by atomic mass is 9.83. The highest BCUT2D eigenvalue weighted by atomic mass is 16.3. The summed E-state index contributed by atoms with van der Waals surface area (Å²) in [5, 5.41) is 3.73. The van der Waals surface area contributed by atoms with Gasteiger partial charge in [0.25, 0.3) is 0 Å². The summed E-state index contributed by atoms with van der Waals surface area (Å²) < 4.78 is 5.62. The highest BCUT2D eigenvalue weighted by Gasteiger charge is 2.32. The Morgan fingerprint density at radius 3 is 2.50 bits per heavy atom. The van der Waals surface area contributed by atoms with Gasteiger partial charge in [-0.1, -0.05) is 19.8 Å². The summed E-state index contributed by atoms with van der Waals surface area (Å²) in [6, 6.07) is 2.56. The lowest BCUT2D eigenvalue weighted by molar-refractivity contribution is 0.258. The molecular formula is C16H27NO. The molecule has 0 saturated heterocycles. The first-order chi connectivity index (χ1) is 8.56. The molecule has 18 heavy (non-hydrogen) atoms. The smallest absolute Gasteiger partial charge is 0.105 e. The van der Waals surface area contributed by atoms with Crippen LogP contribution >= 0.6 is 0 Å². The molecule has 102 valence electrons. The third-order valence-corrected chi connectivity index (χ3v) is 4.74. The minimum absolute atomic E-state index is 0.395. The van der Waals surface area contributed by atoms with Gasteiger partial charge in [-0.15, -0.1) is 0 Å². The number of rotatable bonds is 5. The van der Waals surface area contributed by atoms with E-state index in [2.05, 4.69) is 32.2 Å². The van der Waals surface area contributed by atoms with E-state index < -0.39 is 0 Å². The lowest BCUT2D eigenvalue weighted by Gasteiger charge is -2.29. The van der Waals surface area contributed by atoms with Crippen molar-refractivity contribution >= 4 is 0 Å². The summed E-state index contributed by atoms with van der Waals surface area (Å²) in [5.41, 5.74) is 1.87. The van der Waals surface area contributed by atoms with Gasteiger partial charge >= 0.3 is 0 Å². The van der Waals surface area contributed by atoms with Crippen LogP contribution in [0.4, 0.5) is 0 Å². The molecule has 1 aromatic rings. The number of hydrogen-bond donors (Lipinski definition) is 1. The molecular weight excluding hydrogens is 222 g/mol. The van der Waals surface area contributed by atoms with Crippen molar-refractivity contribution in [1.29, 1.82) is 0 Å². The van der Waals surface area contributed by atoms with E-state index in [0.717, 1.165) is 18.1 Å². The van der Waals surface area contributed by atoms with E-state index in [-0.39, 0.29) is 0 Å². The van der Waals surface area contributed by atoms with Gasteiger partial charge in [0.15, 0.2) is 0 Å². The van der Waals surface area contributed by atoms with Crippen LogP contribution < -0.4 is 5.32 Å². The molecule has 0 aromatic carbocycles. The zero-order valence-corrected chi connectivity index (χ0v) is 12.3. The van der Waals surface area contributed by atoms with E-state index in [0.29, 0.717) is 11.5 Å². The normalized spacial score (nSPS) is 20.2. The zero-order valence-electron chi connectivity index (χ0n) is 12.3. The molecule has 0 bridgehead atoms. The summed E-state index contributed by atoms with van der Waals surface area (Å²) in [6.07, 6.45) is 6.91. The van der Waals surface area contributed by atoms with E-state index in [4.69, 9.17) is 4.42 Å². The Balaban J connectivity index is 1.95. The van der Waals surface area contributed by atoms with Gasteiger partial charge in [-0.3, -0.25) is 0 Å². The van der Waals surface area contributed by atoms with Crippen molar-refractivity contribution in [2.24, 2.45) is 5.41 Å². The van der Waals surface area contributed by atoms with Crippen LogP contribution in [0.15, 0.2) is 10.5 Å². The van der Waals surface area contributed by atoms with Crippen LogP contribution in [0.2, 0.25) is 0 Å². The van der Waals surface area contributed by atoms with Crippen LogP contribution in [-0.2, 0) is 0 Å². The summed E-state index contributed by atoms with van der Waals surface area (Å²) >= 11 is 0. The fourth-order valence-electron chi connectivity index (χ4n) is 3.34. The van der Waals surface area contributed by atoms with Gasteiger partial charge in [-0.05, 0) is 51.5 Å². The molecule has 2 nitrogen and oxygen atoms in total. The first-order valence-electron chi connectivity index (χ1n) is 7.37. The van der Waals surface area contributed by atoms with Gasteiger partial charge in [-0.25, -0.2) is 0 Å². The monoisotopic (exact) mass is 249 g/mol. The zero-order chi connectivity index (χ0) is 13.2. The van der Waals surface area contributed by atoms with Gasteiger partial charge in [0.05, 0.1) is 0 Å². The van der Waals surface area contributed by atoms with Crippen molar-refractivity contribution in [3.8, 4) is 0 Å². The second kappa shape index (κ2) is 5.48. The van der Waals surface area contributed by atoms with Gasteiger partial charge in [0.2, 0.25) is 0 Å². The second-order valence-corrected chi connectivity index (χ2v) is 6.03. The van der Waals surface area contributed by atoms with E-state index in [1.54, 1.807) is 0 Å². The van der Waals surface area contributed by atoms with Crippen molar-refractivity contribution < 1.29 is 4.42 Å². The highest BCUT2D eigenvalue weighted by Crippen LogP contribution is 2.40. The molecule has 1 fully saturated rings. The molecule has 1 aliphatic carbocycles. The second-order valence-electron chi connectivity index (χ2n) is 6.03. The molecule has 2 heteroatoms. The SMILES string of the molecule is CCC1(CNC(C)c2cc(C)oc2C)CCCC1. The molecule has 1 heterocycles. The van der Waals surface area contributed by atoms with Crippen LogP contribution in [0.5, 0.6) is 0 Å². The van der Waals surface area contributed by atoms with Crippen molar-refractivity contribution in [2.45, 2.75) is 65.8 Å². The molecule has 2 rings (SSSR count). The van der Waals surface area contributed by atoms with E-state index >= 15 is 0 Å². The van der Waals surface area contributed by atoms with Crippen LogP contribution in [-0.4, -0.2) is 6.54 Å². The Morgan fingerprint density at radius 2 is 2.00 bits per heavy atom. The average molecular weight is 249 g/mol. The fraction of sp³-hybridized carbons (Fsp3) is 0.750. The molecule has 1 aromatic heterocycles. The Morgan fingerprint density at radius 1 is 1.33 bits per heavy atom. The Labute approximate surface area is 111 Å². The van der Waals surface area contributed by atoms with Crippen molar-refractivity contribution in [3.63, 3.8) is 0 Å². The van der Waals surface area contributed by atoms with Crippen molar-refractivity contribution in [3.05, 3.63) is 23.2 Å². The average Bonchev–Trinajstić information content (AvgIpc) is 2.94. The topological polar surface area (TPSA) is 25.2 Å². The molecule has 1 aliphatic rings. The predicted octanol–water partition coefficient (Wildman–Crippen LogP) is 4.52. The fourth-order valence-corrected chi connectivity index (χ4v) is 3.34. The summed E-state index contributed by atoms with van der Waals surface area (Å²) in [5.74, 6) is 2.08. The van der Waals surface area contributed by atoms with Crippen LogP contribution in [0.1, 0.15) is 69.1 Å². The van der Waals surface area contributed by atoms with E-state index in [1.807, 2.05) is 6.92 Å². The van der Waals surface area contributed by atoms with Crippen molar-refractivity contribution in [2.75, 3.05) is 6.54 Å². The molecule has 0 amide bonds. The minimum atomic E-state index is 0.395. The lowest BCUT2D eigenvalue weighted by Crippen LogP contribution is -2.33.